The molecule has 3 aromatic rings. The van der Waals surface area contributed by atoms with Gasteiger partial charge in [0, 0.05) is 32.6 Å². The first-order valence-electron chi connectivity index (χ1n) is 11.5. The van der Waals surface area contributed by atoms with Crippen molar-refractivity contribution in [2.45, 2.75) is 12.0 Å². The number of carboxylic acid groups (broad SMARTS) is 1. The number of likely N-dealkylation sites (N-methyl/N-ethyl adjacent to an activating group) is 1. The van der Waals surface area contributed by atoms with Crippen LogP contribution < -0.4 is 0 Å². The Labute approximate surface area is 199 Å². The normalized spacial score (nSPS) is 15.6. The summed E-state index contributed by atoms with van der Waals surface area (Å²) in [7, 11) is 1.55. The Morgan fingerprint density at radius 2 is 1.65 bits per heavy atom. The molecule has 7 nitrogen and oxygen atoms in total. The molecule has 1 aliphatic heterocycles. The fourth-order valence-electron chi connectivity index (χ4n) is 4.34. The van der Waals surface area contributed by atoms with Crippen molar-refractivity contribution in [3.63, 3.8) is 0 Å². The Morgan fingerprint density at radius 1 is 0.971 bits per heavy atom. The van der Waals surface area contributed by atoms with E-state index < -0.39 is 12.2 Å². The maximum Gasteiger partial charge on any atom is 0.407 e. The van der Waals surface area contributed by atoms with Gasteiger partial charge >= 0.3 is 6.09 Å². The second-order valence-corrected chi connectivity index (χ2v) is 8.51. The predicted molar refractivity (Wildman–Crippen MR) is 130 cm³/mol. The molecular weight excluding hydrogens is 432 g/mol. The minimum Gasteiger partial charge on any atom is -0.465 e. The fraction of sp³-hybridized carbons (Fsp3) is 0.333. The van der Waals surface area contributed by atoms with Crippen LogP contribution in [0.5, 0.6) is 0 Å². The molecule has 1 N–H and O–H groups in total. The maximum atomic E-state index is 12.8. The molecule has 1 saturated heterocycles. The van der Waals surface area contributed by atoms with Gasteiger partial charge in [0.1, 0.15) is 6.61 Å². The van der Waals surface area contributed by atoms with E-state index in [9.17, 15) is 14.7 Å². The standard InChI is InChI=1S/C27H30N2O5/c1-28(27(31)32)18-24(23-12-11-20-7-5-6-10-22(20)17-23)26(21-8-3-2-4-9-21)34-19-25(30)29-13-15-33-16-14-29/h2-12,17,24,26H,13-16,18-19H2,1H3,(H,31,32)/t24-,26-/m1/s1. The zero-order valence-electron chi connectivity index (χ0n) is 19.3. The van der Waals surface area contributed by atoms with Crippen LogP contribution in [-0.2, 0) is 14.3 Å². The van der Waals surface area contributed by atoms with Crippen molar-refractivity contribution in [3.8, 4) is 0 Å². The highest BCUT2D eigenvalue weighted by Gasteiger charge is 2.30. The first-order valence-corrected chi connectivity index (χ1v) is 11.5. The van der Waals surface area contributed by atoms with Crippen molar-refractivity contribution in [3.05, 3.63) is 83.9 Å². The fourth-order valence-corrected chi connectivity index (χ4v) is 4.34. The topological polar surface area (TPSA) is 79.3 Å². The first kappa shape index (κ1) is 23.7. The molecule has 2 amide bonds. The molecule has 2 atom stereocenters. The summed E-state index contributed by atoms with van der Waals surface area (Å²) in [6.45, 7) is 2.29. The lowest BCUT2D eigenvalue weighted by Gasteiger charge is -2.32. The van der Waals surface area contributed by atoms with Gasteiger partial charge in [-0.15, -0.1) is 0 Å². The van der Waals surface area contributed by atoms with Crippen LogP contribution in [0.15, 0.2) is 72.8 Å². The van der Waals surface area contributed by atoms with Crippen molar-refractivity contribution >= 4 is 22.8 Å². The van der Waals surface area contributed by atoms with Gasteiger partial charge in [-0.3, -0.25) is 4.79 Å². The number of morpholine rings is 1. The molecule has 0 radical (unpaired) electrons. The zero-order valence-corrected chi connectivity index (χ0v) is 19.3. The molecule has 7 heteroatoms. The second-order valence-electron chi connectivity index (χ2n) is 8.51. The summed E-state index contributed by atoms with van der Waals surface area (Å²) in [6.07, 6.45) is -1.52. The third-order valence-corrected chi connectivity index (χ3v) is 6.24. The van der Waals surface area contributed by atoms with Crippen LogP contribution in [0, 0.1) is 0 Å². The molecular formula is C27H30N2O5. The molecule has 1 heterocycles. The Bertz CT molecular complexity index is 1110. The number of amides is 2. The smallest absolute Gasteiger partial charge is 0.407 e. The quantitative estimate of drug-likeness (QED) is 0.544. The minimum atomic E-state index is -1.01. The number of carbonyl (C=O) groups excluding carboxylic acids is 1. The van der Waals surface area contributed by atoms with E-state index in [1.54, 1.807) is 11.9 Å². The molecule has 0 aromatic heterocycles. The monoisotopic (exact) mass is 462 g/mol. The third kappa shape index (κ3) is 5.73. The summed E-state index contributed by atoms with van der Waals surface area (Å²) in [6, 6.07) is 23.9. The Hall–Kier alpha value is -3.42. The molecule has 0 aliphatic carbocycles. The van der Waals surface area contributed by atoms with Gasteiger partial charge in [-0.1, -0.05) is 72.8 Å². The molecule has 4 rings (SSSR count). The van der Waals surface area contributed by atoms with E-state index >= 15 is 0 Å². The number of hydrogen-bond donors (Lipinski definition) is 1. The highest BCUT2D eigenvalue weighted by atomic mass is 16.5. The van der Waals surface area contributed by atoms with Crippen LogP contribution in [0.4, 0.5) is 4.79 Å². The highest BCUT2D eigenvalue weighted by Crippen LogP contribution is 2.36. The third-order valence-electron chi connectivity index (χ3n) is 6.24. The van der Waals surface area contributed by atoms with E-state index in [4.69, 9.17) is 9.47 Å². The number of carbonyl (C=O) groups is 2. The summed E-state index contributed by atoms with van der Waals surface area (Å²) in [5.41, 5.74) is 1.86. The minimum absolute atomic E-state index is 0.0829. The number of nitrogens with zero attached hydrogens (tertiary/aromatic N) is 2. The Morgan fingerprint density at radius 3 is 2.35 bits per heavy atom. The van der Waals surface area contributed by atoms with Crippen LogP contribution >= 0.6 is 0 Å². The molecule has 0 saturated carbocycles. The van der Waals surface area contributed by atoms with Crippen LogP contribution in [0.25, 0.3) is 10.8 Å². The SMILES string of the molecule is CN(C[C@H](c1ccc2ccccc2c1)[C@H](OCC(=O)N1CCOCC1)c1ccccc1)C(=O)O. The molecule has 0 spiro atoms. The predicted octanol–water partition coefficient (Wildman–Crippen LogP) is 4.15. The lowest BCUT2D eigenvalue weighted by atomic mass is 9.87. The van der Waals surface area contributed by atoms with Gasteiger partial charge in [-0.25, -0.2) is 4.79 Å². The van der Waals surface area contributed by atoms with Crippen LogP contribution in [0.2, 0.25) is 0 Å². The molecule has 0 bridgehead atoms. The summed E-state index contributed by atoms with van der Waals surface area (Å²) >= 11 is 0. The average molecular weight is 463 g/mol. The van der Waals surface area contributed by atoms with E-state index in [0.29, 0.717) is 26.3 Å². The van der Waals surface area contributed by atoms with Crippen molar-refractivity contribution in [1.29, 1.82) is 0 Å². The van der Waals surface area contributed by atoms with Crippen molar-refractivity contribution < 1.29 is 24.2 Å². The number of benzene rings is 3. The second kappa shape index (κ2) is 11.1. The highest BCUT2D eigenvalue weighted by molar-refractivity contribution is 5.83. The van der Waals surface area contributed by atoms with Crippen LogP contribution in [0.3, 0.4) is 0 Å². The largest absolute Gasteiger partial charge is 0.465 e. The van der Waals surface area contributed by atoms with Gasteiger partial charge in [-0.05, 0) is 21.9 Å². The molecule has 1 fully saturated rings. The maximum absolute atomic E-state index is 12.8. The van der Waals surface area contributed by atoms with Gasteiger partial charge in [0.15, 0.2) is 0 Å². The van der Waals surface area contributed by atoms with Gasteiger partial charge in [0.25, 0.3) is 0 Å². The molecule has 178 valence electrons. The van der Waals surface area contributed by atoms with Gasteiger partial charge < -0.3 is 24.4 Å². The summed E-state index contributed by atoms with van der Waals surface area (Å²) < 4.78 is 11.6. The van der Waals surface area contributed by atoms with E-state index in [1.807, 2.05) is 66.7 Å². The van der Waals surface area contributed by atoms with E-state index in [1.165, 1.54) is 4.90 Å². The number of hydrogen-bond acceptors (Lipinski definition) is 4. The van der Waals surface area contributed by atoms with Gasteiger partial charge in [-0.2, -0.15) is 0 Å². The molecule has 0 unspecified atom stereocenters. The zero-order chi connectivity index (χ0) is 23.9. The number of fused-ring (bicyclic) bond motifs is 1. The first-order chi connectivity index (χ1) is 16.5. The lowest BCUT2D eigenvalue weighted by molar-refractivity contribution is -0.143. The Balaban J connectivity index is 1.67. The summed E-state index contributed by atoms with van der Waals surface area (Å²) in [4.78, 5) is 27.6. The lowest BCUT2D eigenvalue weighted by Crippen LogP contribution is -2.43. The van der Waals surface area contributed by atoms with E-state index in [2.05, 4.69) is 6.07 Å². The van der Waals surface area contributed by atoms with Crippen LogP contribution in [0.1, 0.15) is 23.1 Å². The molecule has 34 heavy (non-hydrogen) atoms. The molecule has 1 aliphatic rings. The number of ether oxygens (including phenoxy) is 2. The Kier molecular flexibility index (Phi) is 7.77. The number of rotatable bonds is 8. The van der Waals surface area contributed by atoms with Gasteiger partial charge in [0.2, 0.25) is 5.91 Å². The van der Waals surface area contributed by atoms with Gasteiger partial charge in [0.05, 0.1) is 19.3 Å². The van der Waals surface area contributed by atoms with Crippen molar-refractivity contribution in [1.82, 2.24) is 9.80 Å². The summed E-state index contributed by atoms with van der Waals surface area (Å²) in [5.74, 6) is -0.404. The molecule has 3 aromatic carbocycles. The van der Waals surface area contributed by atoms with E-state index in [0.717, 1.165) is 21.9 Å². The average Bonchev–Trinajstić information content (AvgIpc) is 2.88. The van der Waals surface area contributed by atoms with E-state index in [-0.39, 0.29) is 25.0 Å². The van der Waals surface area contributed by atoms with Crippen molar-refractivity contribution in [2.75, 3.05) is 46.5 Å². The van der Waals surface area contributed by atoms with Crippen LogP contribution in [-0.4, -0.2) is 73.4 Å². The summed E-state index contributed by atoms with van der Waals surface area (Å²) in [5, 5.41) is 11.8. The van der Waals surface area contributed by atoms with Crippen molar-refractivity contribution in [2.24, 2.45) is 0 Å².